The second-order valence-electron chi connectivity index (χ2n) is 4.50. The molecule has 3 aromatic rings. The maximum absolute atomic E-state index is 12.9. The van der Waals surface area contributed by atoms with Crippen molar-refractivity contribution in [3.05, 3.63) is 66.3 Å². The Morgan fingerprint density at radius 2 is 1.90 bits per heavy atom. The molecule has 0 saturated carbocycles. The van der Waals surface area contributed by atoms with Crippen LogP contribution < -0.4 is 0 Å². The summed E-state index contributed by atoms with van der Waals surface area (Å²) in [5, 5.41) is 1.08. The van der Waals surface area contributed by atoms with Crippen molar-refractivity contribution in [2.75, 3.05) is 0 Å². The van der Waals surface area contributed by atoms with E-state index in [0.29, 0.717) is 28.2 Å². The highest BCUT2D eigenvalue weighted by atomic mass is 35.5. The molecule has 0 amide bonds. The third kappa shape index (κ3) is 2.22. The molecule has 0 aliphatic heterocycles. The number of halogens is 1. The molecule has 21 heavy (non-hydrogen) atoms. The zero-order valence-corrected chi connectivity index (χ0v) is 12.6. The fourth-order valence-electron chi connectivity index (χ4n) is 2.24. The van der Waals surface area contributed by atoms with Crippen molar-refractivity contribution in [2.45, 2.75) is 11.3 Å². The van der Waals surface area contributed by atoms with Gasteiger partial charge in [-0.3, -0.25) is 0 Å². The Balaban J connectivity index is 2.37. The van der Waals surface area contributed by atoms with Gasteiger partial charge in [-0.2, -0.15) is 0 Å². The largest absolute Gasteiger partial charge is 0.269 e. The predicted molar refractivity (Wildman–Crippen MR) is 82.8 cm³/mol. The Bertz CT molecular complexity index is 902. The van der Waals surface area contributed by atoms with Crippen molar-refractivity contribution < 1.29 is 8.42 Å². The predicted octanol–water partition coefficient (Wildman–Crippen LogP) is 3.30. The van der Waals surface area contributed by atoms with Crippen molar-refractivity contribution in [1.82, 2.24) is 8.96 Å². The molecule has 0 bridgehead atoms. The Hall–Kier alpha value is -1.85. The standard InChI is InChI=1S/C15H12ClN2O2S/c1-2-11-10-13-14(16)8-9-17-15(13)18(11)21(19,20)12-6-4-3-5-7-12/h3-10H,1-2H2. The van der Waals surface area contributed by atoms with Gasteiger partial charge in [0.2, 0.25) is 0 Å². The summed E-state index contributed by atoms with van der Waals surface area (Å²) in [4.78, 5) is 4.38. The van der Waals surface area contributed by atoms with Crippen molar-refractivity contribution in [2.24, 2.45) is 0 Å². The van der Waals surface area contributed by atoms with Crippen LogP contribution >= 0.6 is 11.6 Å². The van der Waals surface area contributed by atoms with Gasteiger partial charge in [0.25, 0.3) is 10.0 Å². The molecule has 0 aliphatic carbocycles. The minimum atomic E-state index is -3.73. The number of rotatable bonds is 3. The van der Waals surface area contributed by atoms with Crippen LogP contribution in [0.4, 0.5) is 0 Å². The number of pyridine rings is 1. The van der Waals surface area contributed by atoms with E-state index in [1.54, 1.807) is 42.5 Å². The Morgan fingerprint density at radius 3 is 2.57 bits per heavy atom. The molecule has 0 N–H and O–H groups in total. The Labute approximate surface area is 128 Å². The zero-order valence-electron chi connectivity index (χ0n) is 11.0. The summed E-state index contributed by atoms with van der Waals surface area (Å²) in [7, 11) is -3.73. The second kappa shape index (κ2) is 5.16. The lowest BCUT2D eigenvalue weighted by Crippen LogP contribution is -2.15. The van der Waals surface area contributed by atoms with Crippen LogP contribution in [0.2, 0.25) is 5.02 Å². The lowest BCUT2D eigenvalue weighted by Gasteiger charge is -2.10. The number of fused-ring (bicyclic) bond motifs is 1. The van der Waals surface area contributed by atoms with Crippen LogP contribution in [0.25, 0.3) is 11.0 Å². The molecule has 2 aromatic heterocycles. The molecule has 0 atom stereocenters. The number of benzene rings is 1. The van der Waals surface area contributed by atoms with E-state index in [4.69, 9.17) is 11.6 Å². The molecule has 3 rings (SSSR count). The number of aromatic nitrogens is 2. The van der Waals surface area contributed by atoms with Crippen molar-refractivity contribution in [1.29, 1.82) is 0 Å². The van der Waals surface area contributed by atoms with Crippen LogP contribution in [0.5, 0.6) is 0 Å². The van der Waals surface area contributed by atoms with Crippen LogP contribution in [-0.4, -0.2) is 17.4 Å². The average Bonchev–Trinajstić information content (AvgIpc) is 2.89. The molecule has 0 spiro atoms. The molecule has 4 nitrogen and oxygen atoms in total. The summed E-state index contributed by atoms with van der Waals surface area (Å²) in [6, 6.07) is 11.6. The Kier molecular flexibility index (Phi) is 3.47. The number of hydrogen-bond donors (Lipinski definition) is 0. The lowest BCUT2D eigenvalue weighted by molar-refractivity contribution is 0.587. The number of nitrogens with zero attached hydrogens (tertiary/aromatic N) is 2. The summed E-state index contributed by atoms with van der Waals surface area (Å²) < 4.78 is 26.9. The normalized spacial score (nSPS) is 11.9. The van der Waals surface area contributed by atoms with Crippen molar-refractivity contribution in [3.8, 4) is 0 Å². The van der Waals surface area contributed by atoms with E-state index in [1.165, 1.54) is 10.2 Å². The highest BCUT2D eigenvalue weighted by molar-refractivity contribution is 7.90. The van der Waals surface area contributed by atoms with E-state index in [2.05, 4.69) is 11.9 Å². The van der Waals surface area contributed by atoms with Gasteiger partial charge < -0.3 is 0 Å². The Morgan fingerprint density at radius 1 is 1.19 bits per heavy atom. The van der Waals surface area contributed by atoms with Crippen LogP contribution in [0.1, 0.15) is 5.69 Å². The van der Waals surface area contributed by atoms with Crippen LogP contribution in [-0.2, 0) is 16.4 Å². The molecule has 0 unspecified atom stereocenters. The smallest absolute Gasteiger partial charge is 0.237 e. The fourth-order valence-corrected chi connectivity index (χ4v) is 3.97. The maximum atomic E-state index is 12.9. The molecule has 6 heteroatoms. The van der Waals surface area contributed by atoms with Gasteiger partial charge in [-0.25, -0.2) is 17.4 Å². The molecule has 1 radical (unpaired) electrons. The van der Waals surface area contributed by atoms with Gasteiger partial charge >= 0.3 is 0 Å². The van der Waals surface area contributed by atoms with Crippen molar-refractivity contribution >= 4 is 32.7 Å². The topological polar surface area (TPSA) is 52.0 Å². The molecular formula is C15H12ClN2O2S. The molecule has 0 fully saturated rings. The molecule has 2 heterocycles. The fraction of sp³-hybridized carbons (Fsp3) is 0.0667. The van der Waals surface area contributed by atoms with E-state index < -0.39 is 10.0 Å². The lowest BCUT2D eigenvalue weighted by atomic mass is 10.3. The molecule has 0 saturated heterocycles. The van der Waals surface area contributed by atoms with Gasteiger partial charge in [-0.05, 0) is 37.6 Å². The third-order valence-corrected chi connectivity index (χ3v) is 5.30. The summed E-state index contributed by atoms with van der Waals surface area (Å²) >= 11 is 6.13. The molecule has 107 valence electrons. The monoisotopic (exact) mass is 319 g/mol. The van der Waals surface area contributed by atoms with Crippen molar-refractivity contribution in [3.63, 3.8) is 0 Å². The minimum Gasteiger partial charge on any atom is -0.237 e. The van der Waals surface area contributed by atoms with Crippen LogP contribution in [0.15, 0.2) is 53.6 Å². The molecule has 0 aliphatic rings. The van der Waals surface area contributed by atoms with Gasteiger partial charge in [0.05, 0.1) is 9.92 Å². The highest BCUT2D eigenvalue weighted by Gasteiger charge is 2.23. The average molecular weight is 320 g/mol. The third-order valence-electron chi connectivity index (χ3n) is 3.22. The summed E-state index contributed by atoms with van der Waals surface area (Å²) in [6.07, 6.45) is 1.81. The first-order chi connectivity index (χ1) is 10.1. The molecule has 1 aromatic carbocycles. The zero-order chi connectivity index (χ0) is 15.0. The van der Waals surface area contributed by atoms with E-state index in [-0.39, 0.29) is 4.90 Å². The SMILES string of the molecule is [CH2]Cc1cc2c(Cl)ccnc2n1S(=O)(=O)c1ccccc1. The first-order valence-electron chi connectivity index (χ1n) is 6.30. The molecular weight excluding hydrogens is 308 g/mol. The minimum absolute atomic E-state index is 0.207. The van der Waals surface area contributed by atoms with E-state index in [1.807, 2.05) is 0 Å². The first kappa shape index (κ1) is 14.1. The summed E-state index contributed by atoms with van der Waals surface area (Å²) in [5.74, 6) is 0. The quantitative estimate of drug-likeness (QED) is 0.744. The van der Waals surface area contributed by atoms with Gasteiger partial charge in [0.15, 0.2) is 5.65 Å². The van der Waals surface area contributed by atoms with E-state index in [0.717, 1.165) is 0 Å². The number of hydrogen-bond acceptors (Lipinski definition) is 3. The first-order valence-corrected chi connectivity index (χ1v) is 8.12. The van der Waals surface area contributed by atoms with Crippen LogP contribution in [0.3, 0.4) is 0 Å². The summed E-state index contributed by atoms with van der Waals surface area (Å²) in [6.45, 7) is 3.79. The maximum Gasteiger partial charge on any atom is 0.269 e. The van der Waals surface area contributed by atoms with E-state index >= 15 is 0 Å². The van der Waals surface area contributed by atoms with Crippen LogP contribution in [0, 0.1) is 6.92 Å². The van der Waals surface area contributed by atoms with E-state index in [9.17, 15) is 8.42 Å². The van der Waals surface area contributed by atoms with Gasteiger partial charge in [0, 0.05) is 17.3 Å². The summed E-state index contributed by atoms with van der Waals surface area (Å²) in [5.41, 5.74) is 0.874. The van der Waals surface area contributed by atoms with Gasteiger partial charge in [-0.15, -0.1) is 0 Å². The van der Waals surface area contributed by atoms with Gasteiger partial charge in [-0.1, -0.05) is 29.8 Å². The highest BCUT2D eigenvalue weighted by Crippen LogP contribution is 2.29. The second-order valence-corrected chi connectivity index (χ2v) is 6.69. The van der Waals surface area contributed by atoms with Gasteiger partial charge in [0.1, 0.15) is 0 Å².